The van der Waals surface area contributed by atoms with Crippen LogP contribution in [0.5, 0.6) is 0 Å². The molecule has 9 heteroatoms. The fraction of sp³-hybridized carbons (Fsp3) is 0.450. The number of rotatable bonds is 5. The molecule has 0 aliphatic carbocycles. The smallest absolute Gasteiger partial charge is 0.293 e. The third kappa shape index (κ3) is 3.90. The van der Waals surface area contributed by atoms with Crippen LogP contribution in [0.1, 0.15) is 60.2 Å². The lowest BCUT2D eigenvalue weighted by atomic mass is 9.97. The van der Waals surface area contributed by atoms with Crippen LogP contribution >= 0.6 is 0 Å². The van der Waals surface area contributed by atoms with E-state index in [2.05, 4.69) is 25.3 Å². The van der Waals surface area contributed by atoms with Crippen molar-refractivity contribution in [1.29, 1.82) is 0 Å². The number of hydrogen-bond acceptors (Lipinski definition) is 5. The predicted octanol–water partition coefficient (Wildman–Crippen LogP) is 2.81. The Labute approximate surface area is 168 Å². The number of nitrogens with one attached hydrogen (secondary N) is 1. The Bertz CT molecular complexity index is 1010. The molecule has 1 amide bonds. The molecule has 0 saturated carbocycles. The van der Waals surface area contributed by atoms with Gasteiger partial charge < -0.3 is 4.90 Å². The first-order valence-corrected chi connectivity index (χ1v) is 9.95. The van der Waals surface area contributed by atoms with E-state index in [-0.39, 0.29) is 17.6 Å². The molecule has 0 radical (unpaired) electrons. The molecule has 1 aromatic carbocycles. The zero-order valence-electron chi connectivity index (χ0n) is 16.6. The molecule has 1 atom stereocenters. The van der Waals surface area contributed by atoms with Crippen molar-refractivity contribution in [3.8, 4) is 5.69 Å². The molecule has 1 saturated heterocycles. The summed E-state index contributed by atoms with van der Waals surface area (Å²) in [5, 5.41) is 11.5. The number of halogens is 1. The van der Waals surface area contributed by atoms with Gasteiger partial charge in [-0.2, -0.15) is 5.10 Å². The predicted molar refractivity (Wildman–Crippen MR) is 104 cm³/mol. The summed E-state index contributed by atoms with van der Waals surface area (Å²) in [6.45, 7) is 5.02. The maximum atomic E-state index is 14.3. The van der Waals surface area contributed by atoms with Crippen LogP contribution in [0.2, 0.25) is 0 Å². The number of nitrogens with zero attached hydrogens (tertiary/aromatic N) is 6. The standard InChI is InChI=1S/C20H24FN7O/c1-3-7-17-23-19(26-28(17)16-10-5-4-9-15(16)21)20(29)27-11-6-8-14(12-27)18-22-13(2)24-25-18/h4-5,9-10,14H,3,6-8,11-12H2,1-2H3,(H,22,24,25)/t14-/m0/s1. The van der Waals surface area contributed by atoms with Crippen LogP contribution in [-0.4, -0.2) is 53.8 Å². The van der Waals surface area contributed by atoms with Crippen molar-refractivity contribution in [3.63, 3.8) is 0 Å². The second-order valence-electron chi connectivity index (χ2n) is 7.33. The minimum Gasteiger partial charge on any atom is -0.335 e. The molecule has 8 nitrogen and oxygen atoms in total. The average Bonchev–Trinajstić information content (AvgIpc) is 3.35. The summed E-state index contributed by atoms with van der Waals surface area (Å²) < 4.78 is 15.8. The van der Waals surface area contributed by atoms with Crippen LogP contribution in [0.4, 0.5) is 4.39 Å². The first kappa shape index (κ1) is 19.2. The molecule has 1 N–H and O–H groups in total. The minimum absolute atomic E-state index is 0.0846. The number of piperidine rings is 1. The van der Waals surface area contributed by atoms with Gasteiger partial charge in [-0.15, -0.1) is 5.10 Å². The molecule has 3 aromatic rings. The molecule has 1 aliphatic heterocycles. The molecular weight excluding hydrogens is 373 g/mol. The van der Waals surface area contributed by atoms with Crippen LogP contribution in [-0.2, 0) is 6.42 Å². The number of amides is 1. The zero-order valence-corrected chi connectivity index (χ0v) is 16.6. The number of para-hydroxylation sites is 1. The van der Waals surface area contributed by atoms with Crippen molar-refractivity contribution >= 4 is 5.91 Å². The van der Waals surface area contributed by atoms with Gasteiger partial charge in [0.2, 0.25) is 5.82 Å². The molecule has 4 rings (SSSR count). The Balaban J connectivity index is 1.60. The molecular formula is C20H24FN7O. The molecule has 0 spiro atoms. The van der Waals surface area contributed by atoms with Gasteiger partial charge in [-0.3, -0.25) is 9.89 Å². The zero-order chi connectivity index (χ0) is 20.4. The van der Waals surface area contributed by atoms with Gasteiger partial charge in [0.05, 0.1) is 0 Å². The topological polar surface area (TPSA) is 92.6 Å². The highest BCUT2D eigenvalue weighted by Crippen LogP contribution is 2.25. The second-order valence-corrected chi connectivity index (χ2v) is 7.33. The number of aromatic amines is 1. The molecule has 29 heavy (non-hydrogen) atoms. The highest BCUT2D eigenvalue weighted by Gasteiger charge is 2.30. The fourth-order valence-electron chi connectivity index (χ4n) is 3.69. The number of carbonyl (C=O) groups excluding carboxylic acids is 1. The summed E-state index contributed by atoms with van der Waals surface area (Å²) in [5.74, 6) is 1.62. The van der Waals surface area contributed by atoms with E-state index in [1.807, 2.05) is 13.8 Å². The van der Waals surface area contributed by atoms with Gasteiger partial charge in [0.15, 0.2) is 5.82 Å². The van der Waals surface area contributed by atoms with Gasteiger partial charge >= 0.3 is 0 Å². The molecule has 3 heterocycles. The largest absolute Gasteiger partial charge is 0.335 e. The summed E-state index contributed by atoms with van der Waals surface area (Å²) in [5.41, 5.74) is 0.301. The number of benzene rings is 1. The van der Waals surface area contributed by atoms with Crippen LogP contribution in [0, 0.1) is 12.7 Å². The SMILES string of the molecule is CCCc1nc(C(=O)N2CCC[C@H](c3n[nH]c(C)n3)C2)nn1-c1ccccc1F. The Morgan fingerprint density at radius 2 is 2.14 bits per heavy atom. The van der Waals surface area contributed by atoms with E-state index in [1.165, 1.54) is 10.7 Å². The van der Waals surface area contributed by atoms with Crippen LogP contribution < -0.4 is 0 Å². The van der Waals surface area contributed by atoms with E-state index >= 15 is 0 Å². The van der Waals surface area contributed by atoms with E-state index < -0.39 is 5.82 Å². The van der Waals surface area contributed by atoms with Crippen molar-refractivity contribution in [2.75, 3.05) is 13.1 Å². The van der Waals surface area contributed by atoms with E-state index in [4.69, 9.17) is 0 Å². The molecule has 152 valence electrons. The van der Waals surface area contributed by atoms with Gasteiger partial charge in [-0.05, 0) is 38.3 Å². The van der Waals surface area contributed by atoms with Gasteiger partial charge in [-0.1, -0.05) is 19.1 Å². The van der Waals surface area contributed by atoms with Crippen molar-refractivity contribution < 1.29 is 9.18 Å². The molecule has 0 unspecified atom stereocenters. The van der Waals surface area contributed by atoms with E-state index in [0.717, 1.165) is 30.9 Å². The van der Waals surface area contributed by atoms with Gasteiger partial charge in [0.25, 0.3) is 5.91 Å². The maximum Gasteiger partial charge on any atom is 0.293 e. The lowest BCUT2D eigenvalue weighted by molar-refractivity contribution is 0.0692. The Hall–Kier alpha value is -3.10. The summed E-state index contributed by atoms with van der Waals surface area (Å²) in [4.78, 5) is 23.7. The second kappa shape index (κ2) is 8.10. The third-order valence-electron chi connectivity index (χ3n) is 5.11. The van der Waals surface area contributed by atoms with Crippen molar-refractivity contribution in [2.24, 2.45) is 0 Å². The first-order chi connectivity index (χ1) is 14.1. The molecule has 0 bridgehead atoms. The van der Waals surface area contributed by atoms with Crippen molar-refractivity contribution in [3.05, 3.63) is 53.4 Å². The summed E-state index contributed by atoms with van der Waals surface area (Å²) in [6.07, 6.45) is 3.21. The maximum absolute atomic E-state index is 14.3. The van der Waals surface area contributed by atoms with E-state index in [1.54, 1.807) is 23.1 Å². The fourth-order valence-corrected chi connectivity index (χ4v) is 3.69. The number of hydrogen-bond donors (Lipinski definition) is 1. The van der Waals surface area contributed by atoms with Gasteiger partial charge in [-0.25, -0.2) is 19.0 Å². The van der Waals surface area contributed by atoms with Crippen LogP contribution in [0.15, 0.2) is 24.3 Å². The molecule has 2 aromatic heterocycles. The number of aromatic nitrogens is 6. The lowest BCUT2D eigenvalue weighted by Gasteiger charge is -2.30. The molecule has 1 fully saturated rings. The Morgan fingerprint density at radius 1 is 1.31 bits per heavy atom. The Kier molecular flexibility index (Phi) is 5.37. The lowest BCUT2D eigenvalue weighted by Crippen LogP contribution is -2.40. The van der Waals surface area contributed by atoms with Crippen molar-refractivity contribution in [2.45, 2.75) is 45.4 Å². The van der Waals surface area contributed by atoms with E-state index in [9.17, 15) is 9.18 Å². The minimum atomic E-state index is -0.397. The monoisotopic (exact) mass is 397 g/mol. The summed E-state index contributed by atoms with van der Waals surface area (Å²) >= 11 is 0. The first-order valence-electron chi connectivity index (χ1n) is 9.95. The third-order valence-corrected chi connectivity index (χ3v) is 5.11. The number of aryl methyl sites for hydroxylation is 2. The van der Waals surface area contributed by atoms with Crippen molar-refractivity contribution in [1.82, 2.24) is 34.8 Å². The number of H-pyrrole nitrogens is 1. The number of carbonyl (C=O) groups is 1. The molecule has 1 aliphatic rings. The van der Waals surface area contributed by atoms with Crippen LogP contribution in [0.25, 0.3) is 5.69 Å². The quantitative estimate of drug-likeness (QED) is 0.715. The van der Waals surface area contributed by atoms with Gasteiger partial charge in [0, 0.05) is 25.4 Å². The Morgan fingerprint density at radius 3 is 2.86 bits per heavy atom. The highest BCUT2D eigenvalue weighted by atomic mass is 19.1. The summed E-state index contributed by atoms with van der Waals surface area (Å²) in [6, 6.07) is 6.38. The normalized spacial score (nSPS) is 16.9. The van der Waals surface area contributed by atoms with Gasteiger partial charge in [0.1, 0.15) is 23.2 Å². The average molecular weight is 397 g/mol. The van der Waals surface area contributed by atoms with E-state index in [0.29, 0.717) is 31.0 Å². The highest BCUT2D eigenvalue weighted by molar-refractivity contribution is 5.90. The van der Waals surface area contributed by atoms with Crippen LogP contribution in [0.3, 0.4) is 0 Å². The number of likely N-dealkylation sites (tertiary alicyclic amines) is 1. The summed E-state index contributed by atoms with van der Waals surface area (Å²) in [7, 11) is 0.